The Morgan fingerprint density at radius 3 is 2.88 bits per heavy atom. The molecule has 0 radical (unpaired) electrons. The van der Waals surface area contributed by atoms with Gasteiger partial charge in [-0.1, -0.05) is 6.92 Å². The molecule has 2 N–H and O–H groups in total. The lowest BCUT2D eigenvalue weighted by Crippen LogP contribution is -2.44. The van der Waals surface area contributed by atoms with E-state index in [1.54, 1.807) is 6.26 Å². The minimum atomic E-state index is -0.189. The molecule has 1 aliphatic rings. The molecule has 1 aliphatic carbocycles. The first-order valence-corrected chi connectivity index (χ1v) is 6.30. The largest absolute Gasteiger partial charge is 0.468 e. The molecule has 4 nitrogen and oxygen atoms in total. The van der Waals surface area contributed by atoms with Gasteiger partial charge in [0.25, 0.3) is 0 Å². The smallest absolute Gasteiger partial charge is 0.237 e. The Morgan fingerprint density at radius 2 is 2.35 bits per heavy atom. The Hall–Kier alpha value is -1.29. The van der Waals surface area contributed by atoms with Crippen molar-refractivity contribution in [2.24, 2.45) is 0 Å². The van der Waals surface area contributed by atoms with E-state index in [4.69, 9.17) is 4.42 Å². The second kappa shape index (κ2) is 5.36. The molecule has 2 atom stereocenters. The van der Waals surface area contributed by atoms with E-state index in [1.807, 2.05) is 19.1 Å². The normalized spacial score (nSPS) is 18.7. The van der Waals surface area contributed by atoms with Gasteiger partial charge in [-0.25, -0.2) is 0 Å². The molecule has 1 saturated carbocycles. The van der Waals surface area contributed by atoms with Gasteiger partial charge in [0.15, 0.2) is 0 Å². The van der Waals surface area contributed by atoms with Crippen LogP contribution in [-0.2, 0) is 4.79 Å². The van der Waals surface area contributed by atoms with Gasteiger partial charge in [0, 0.05) is 6.04 Å². The highest BCUT2D eigenvalue weighted by molar-refractivity contribution is 5.81. The Balaban J connectivity index is 1.86. The Morgan fingerprint density at radius 1 is 1.59 bits per heavy atom. The van der Waals surface area contributed by atoms with Gasteiger partial charge >= 0.3 is 0 Å². The summed E-state index contributed by atoms with van der Waals surface area (Å²) in [5.74, 6) is 0.969. The van der Waals surface area contributed by atoms with Crippen LogP contribution in [0, 0.1) is 0 Å². The first kappa shape index (κ1) is 12.2. The summed E-state index contributed by atoms with van der Waals surface area (Å²) in [6.07, 6.45) is 4.80. The van der Waals surface area contributed by atoms with Crippen molar-refractivity contribution >= 4 is 5.91 Å². The van der Waals surface area contributed by atoms with E-state index in [-0.39, 0.29) is 18.0 Å². The highest BCUT2D eigenvalue weighted by Crippen LogP contribution is 2.20. The molecule has 1 aromatic heterocycles. The van der Waals surface area contributed by atoms with Crippen LogP contribution in [0.5, 0.6) is 0 Å². The van der Waals surface area contributed by atoms with E-state index < -0.39 is 0 Å². The summed E-state index contributed by atoms with van der Waals surface area (Å²) < 4.78 is 5.37. The molecule has 2 unspecified atom stereocenters. The highest BCUT2D eigenvalue weighted by Gasteiger charge is 2.26. The molecule has 2 rings (SSSR count). The van der Waals surface area contributed by atoms with Crippen molar-refractivity contribution in [2.75, 3.05) is 0 Å². The summed E-state index contributed by atoms with van der Waals surface area (Å²) in [6, 6.07) is 4.13. The van der Waals surface area contributed by atoms with E-state index in [0.29, 0.717) is 6.04 Å². The Labute approximate surface area is 102 Å². The fraction of sp³-hybridized carbons (Fsp3) is 0.615. The fourth-order valence-electron chi connectivity index (χ4n) is 1.82. The first-order valence-electron chi connectivity index (χ1n) is 6.30. The lowest BCUT2D eigenvalue weighted by molar-refractivity contribution is -0.123. The standard InChI is InChI=1S/C13H20N2O2/c1-3-11(12-5-4-8-17-12)14-9(2)13(16)15-10-6-7-10/h4-5,8-11,14H,3,6-7H2,1-2H3,(H,15,16). The maximum Gasteiger partial charge on any atom is 0.237 e. The summed E-state index contributed by atoms with van der Waals surface area (Å²) in [7, 11) is 0. The SMILES string of the molecule is CCC(NC(C)C(=O)NC1CC1)c1ccco1. The van der Waals surface area contributed by atoms with Crippen molar-refractivity contribution in [3.05, 3.63) is 24.2 Å². The molecular formula is C13H20N2O2. The number of rotatable bonds is 6. The van der Waals surface area contributed by atoms with Crippen molar-refractivity contribution in [2.45, 2.75) is 51.2 Å². The van der Waals surface area contributed by atoms with Crippen LogP contribution in [0.25, 0.3) is 0 Å². The first-order chi connectivity index (χ1) is 8.20. The van der Waals surface area contributed by atoms with Crippen molar-refractivity contribution < 1.29 is 9.21 Å². The van der Waals surface area contributed by atoms with E-state index in [2.05, 4.69) is 17.6 Å². The molecule has 0 aliphatic heterocycles. The molecule has 0 aromatic carbocycles. The molecular weight excluding hydrogens is 216 g/mol. The minimum Gasteiger partial charge on any atom is -0.468 e. The summed E-state index contributed by atoms with van der Waals surface area (Å²) in [6.45, 7) is 3.97. The van der Waals surface area contributed by atoms with Crippen molar-refractivity contribution in [1.29, 1.82) is 0 Å². The zero-order chi connectivity index (χ0) is 12.3. The van der Waals surface area contributed by atoms with Gasteiger partial charge in [-0.2, -0.15) is 0 Å². The van der Waals surface area contributed by atoms with Crippen LogP contribution in [0.2, 0.25) is 0 Å². The number of carbonyl (C=O) groups excluding carboxylic acids is 1. The second-order valence-electron chi connectivity index (χ2n) is 4.65. The van der Waals surface area contributed by atoms with Crippen LogP contribution < -0.4 is 10.6 Å². The zero-order valence-electron chi connectivity index (χ0n) is 10.4. The lowest BCUT2D eigenvalue weighted by atomic mass is 10.1. The number of furan rings is 1. The van der Waals surface area contributed by atoms with Gasteiger partial charge in [0.2, 0.25) is 5.91 Å². The van der Waals surface area contributed by atoms with Gasteiger partial charge in [-0.15, -0.1) is 0 Å². The highest BCUT2D eigenvalue weighted by atomic mass is 16.3. The predicted molar refractivity (Wildman–Crippen MR) is 65.5 cm³/mol. The molecule has 1 aromatic rings. The third-order valence-electron chi connectivity index (χ3n) is 3.06. The minimum absolute atomic E-state index is 0.0810. The molecule has 1 heterocycles. The maximum atomic E-state index is 11.8. The molecule has 0 saturated heterocycles. The van der Waals surface area contributed by atoms with Gasteiger partial charge < -0.3 is 9.73 Å². The van der Waals surface area contributed by atoms with Gasteiger partial charge in [-0.05, 0) is 38.3 Å². The second-order valence-corrected chi connectivity index (χ2v) is 4.65. The molecule has 17 heavy (non-hydrogen) atoms. The van der Waals surface area contributed by atoms with Crippen LogP contribution in [-0.4, -0.2) is 18.0 Å². The van der Waals surface area contributed by atoms with Gasteiger partial charge in [0.1, 0.15) is 5.76 Å². The van der Waals surface area contributed by atoms with E-state index in [1.165, 1.54) is 0 Å². The molecule has 0 bridgehead atoms. The number of hydrogen-bond acceptors (Lipinski definition) is 3. The monoisotopic (exact) mass is 236 g/mol. The van der Waals surface area contributed by atoms with Crippen LogP contribution in [0.3, 0.4) is 0 Å². The van der Waals surface area contributed by atoms with Crippen molar-refractivity contribution in [3.63, 3.8) is 0 Å². The van der Waals surface area contributed by atoms with Gasteiger partial charge in [0.05, 0.1) is 18.3 Å². The third kappa shape index (κ3) is 3.33. The van der Waals surface area contributed by atoms with Crippen LogP contribution >= 0.6 is 0 Å². The predicted octanol–water partition coefficient (Wildman–Crippen LogP) is 1.99. The molecule has 1 amide bonds. The lowest BCUT2D eigenvalue weighted by Gasteiger charge is -2.20. The Kier molecular flexibility index (Phi) is 3.84. The average molecular weight is 236 g/mol. The number of carbonyl (C=O) groups is 1. The van der Waals surface area contributed by atoms with E-state index in [9.17, 15) is 4.79 Å². The summed E-state index contributed by atoms with van der Waals surface area (Å²) >= 11 is 0. The third-order valence-corrected chi connectivity index (χ3v) is 3.06. The summed E-state index contributed by atoms with van der Waals surface area (Å²) in [5.41, 5.74) is 0. The van der Waals surface area contributed by atoms with Crippen molar-refractivity contribution in [1.82, 2.24) is 10.6 Å². The van der Waals surface area contributed by atoms with Crippen LogP contribution in [0.1, 0.15) is 44.9 Å². The fourth-order valence-corrected chi connectivity index (χ4v) is 1.82. The average Bonchev–Trinajstić information content (AvgIpc) is 2.97. The van der Waals surface area contributed by atoms with Crippen molar-refractivity contribution in [3.8, 4) is 0 Å². The Bertz CT molecular complexity index is 358. The summed E-state index contributed by atoms with van der Waals surface area (Å²) in [5, 5.41) is 6.29. The molecule has 1 fully saturated rings. The zero-order valence-corrected chi connectivity index (χ0v) is 10.4. The molecule has 4 heteroatoms. The van der Waals surface area contributed by atoms with E-state index in [0.717, 1.165) is 25.0 Å². The van der Waals surface area contributed by atoms with E-state index >= 15 is 0 Å². The van der Waals surface area contributed by atoms with Crippen LogP contribution in [0.15, 0.2) is 22.8 Å². The topological polar surface area (TPSA) is 54.3 Å². The number of hydrogen-bond donors (Lipinski definition) is 2. The molecule has 94 valence electrons. The number of nitrogens with one attached hydrogen (secondary N) is 2. The molecule has 0 spiro atoms. The maximum absolute atomic E-state index is 11.8. The van der Waals surface area contributed by atoms with Gasteiger partial charge in [-0.3, -0.25) is 10.1 Å². The quantitative estimate of drug-likeness (QED) is 0.794. The van der Waals surface area contributed by atoms with Crippen LogP contribution in [0.4, 0.5) is 0 Å². The number of amides is 1. The summed E-state index contributed by atoms with van der Waals surface area (Å²) in [4.78, 5) is 11.8.